The van der Waals surface area contributed by atoms with Crippen molar-refractivity contribution in [3.8, 4) is 0 Å². The van der Waals surface area contributed by atoms with Gasteiger partial charge in [0.1, 0.15) is 0 Å². The van der Waals surface area contributed by atoms with Crippen LogP contribution in [0.2, 0.25) is 0 Å². The Bertz CT molecular complexity index is 374. The average molecular weight is 231 g/mol. The minimum absolute atomic E-state index is 0.0670. The van der Waals surface area contributed by atoms with E-state index in [4.69, 9.17) is 0 Å². The van der Waals surface area contributed by atoms with Crippen molar-refractivity contribution in [1.29, 1.82) is 0 Å². The van der Waals surface area contributed by atoms with Crippen molar-refractivity contribution in [1.82, 2.24) is 5.32 Å². The van der Waals surface area contributed by atoms with Gasteiger partial charge in [-0.25, -0.2) is 0 Å². The van der Waals surface area contributed by atoms with Crippen LogP contribution < -0.4 is 5.32 Å². The number of carbonyl (C=O) groups excluding carboxylic acids is 1. The summed E-state index contributed by atoms with van der Waals surface area (Å²) >= 11 is 0. The molecule has 0 radical (unpaired) electrons. The first-order chi connectivity index (χ1) is 8.16. The lowest BCUT2D eigenvalue weighted by Crippen LogP contribution is -2.39. The van der Waals surface area contributed by atoms with E-state index in [1.165, 1.54) is 6.42 Å². The fraction of sp³-hybridized carbons (Fsp3) is 0.533. The first-order valence-corrected chi connectivity index (χ1v) is 6.52. The molecule has 2 rings (SSSR count). The van der Waals surface area contributed by atoms with Crippen LogP contribution in [0.5, 0.6) is 0 Å². The van der Waals surface area contributed by atoms with Gasteiger partial charge < -0.3 is 5.32 Å². The summed E-state index contributed by atoms with van der Waals surface area (Å²) in [5.41, 5.74) is 0.763. The summed E-state index contributed by atoms with van der Waals surface area (Å²) < 4.78 is 0. The largest absolute Gasteiger partial charge is 0.349 e. The van der Waals surface area contributed by atoms with Gasteiger partial charge in [-0.15, -0.1) is 0 Å². The molecular formula is C15H21NO. The highest BCUT2D eigenvalue weighted by Gasteiger charge is 2.25. The van der Waals surface area contributed by atoms with Gasteiger partial charge in [0, 0.05) is 11.6 Å². The highest BCUT2D eigenvalue weighted by molar-refractivity contribution is 5.94. The smallest absolute Gasteiger partial charge is 0.251 e. The quantitative estimate of drug-likeness (QED) is 0.831. The standard InChI is InChI=1S/C15H21NO/c1-11-8-9-14(10-12(11)2)16-15(17)13-6-4-3-5-7-13/h3-7,11-12,14H,8-10H2,1-2H3,(H,16,17). The van der Waals surface area contributed by atoms with E-state index in [9.17, 15) is 4.79 Å². The van der Waals surface area contributed by atoms with Crippen LogP contribution >= 0.6 is 0 Å². The zero-order valence-electron chi connectivity index (χ0n) is 10.6. The molecule has 1 saturated carbocycles. The molecule has 3 atom stereocenters. The molecule has 2 heteroatoms. The predicted octanol–water partition coefficient (Wildman–Crippen LogP) is 3.24. The molecule has 1 aliphatic rings. The Morgan fingerprint density at radius 1 is 1.12 bits per heavy atom. The van der Waals surface area contributed by atoms with Gasteiger partial charge in [0.15, 0.2) is 0 Å². The van der Waals surface area contributed by atoms with E-state index >= 15 is 0 Å². The molecule has 0 bridgehead atoms. The molecule has 0 heterocycles. The van der Waals surface area contributed by atoms with E-state index < -0.39 is 0 Å². The molecule has 0 saturated heterocycles. The van der Waals surface area contributed by atoms with Gasteiger partial charge in [0.05, 0.1) is 0 Å². The van der Waals surface area contributed by atoms with E-state index in [2.05, 4.69) is 19.2 Å². The summed E-state index contributed by atoms with van der Waals surface area (Å²) in [5.74, 6) is 1.57. The maximum absolute atomic E-state index is 12.0. The predicted molar refractivity (Wildman–Crippen MR) is 69.9 cm³/mol. The number of amides is 1. The van der Waals surface area contributed by atoms with Gasteiger partial charge >= 0.3 is 0 Å². The first-order valence-electron chi connectivity index (χ1n) is 6.52. The van der Waals surface area contributed by atoms with E-state index in [1.807, 2.05) is 30.3 Å². The maximum Gasteiger partial charge on any atom is 0.251 e. The van der Waals surface area contributed by atoms with Gasteiger partial charge in [0.25, 0.3) is 5.91 Å². The van der Waals surface area contributed by atoms with Gasteiger partial charge in [-0.05, 0) is 43.2 Å². The van der Waals surface area contributed by atoms with Crippen molar-refractivity contribution in [2.45, 2.75) is 39.2 Å². The lowest BCUT2D eigenvalue weighted by atomic mass is 9.79. The van der Waals surface area contributed by atoms with Crippen LogP contribution in [0.25, 0.3) is 0 Å². The summed E-state index contributed by atoms with van der Waals surface area (Å²) in [6.07, 6.45) is 3.45. The van der Waals surface area contributed by atoms with Crippen LogP contribution in [-0.4, -0.2) is 11.9 Å². The SMILES string of the molecule is CC1CCC(NC(=O)c2ccccc2)CC1C. The number of hydrogen-bond acceptors (Lipinski definition) is 1. The fourth-order valence-electron chi connectivity index (χ4n) is 2.54. The zero-order chi connectivity index (χ0) is 12.3. The summed E-state index contributed by atoms with van der Waals surface area (Å²) in [6, 6.07) is 9.82. The van der Waals surface area contributed by atoms with Crippen molar-refractivity contribution >= 4 is 5.91 Å². The third kappa shape index (κ3) is 3.09. The Kier molecular flexibility index (Phi) is 3.82. The Morgan fingerprint density at radius 2 is 1.82 bits per heavy atom. The van der Waals surface area contributed by atoms with Crippen LogP contribution in [0, 0.1) is 11.8 Å². The maximum atomic E-state index is 12.0. The van der Waals surface area contributed by atoms with E-state index in [1.54, 1.807) is 0 Å². The number of nitrogens with one attached hydrogen (secondary N) is 1. The molecular weight excluding hydrogens is 210 g/mol. The zero-order valence-corrected chi connectivity index (χ0v) is 10.6. The molecule has 1 aromatic rings. The highest BCUT2D eigenvalue weighted by atomic mass is 16.1. The summed E-state index contributed by atoms with van der Waals surface area (Å²) in [5, 5.41) is 3.15. The molecule has 0 spiro atoms. The van der Waals surface area contributed by atoms with Crippen LogP contribution in [0.3, 0.4) is 0 Å². The third-order valence-electron chi connectivity index (χ3n) is 3.97. The molecule has 17 heavy (non-hydrogen) atoms. The Hall–Kier alpha value is -1.31. The molecule has 2 nitrogen and oxygen atoms in total. The first kappa shape index (κ1) is 12.2. The molecule has 1 fully saturated rings. The lowest BCUT2D eigenvalue weighted by Gasteiger charge is -2.32. The Morgan fingerprint density at radius 3 is 2.47 bits per heavy atom. The molecule has 0 aromatic heterocycles. The number of benzene rings is 1. The van der Waals surface area contributed by atoms with Crippen LogP contribution in [-0.2, 0) is 0 Å². The normalized spacial score (nSPS) is 28.7. The molecule has 92 valence electrons. The van der Waals surface area contributed by atoms with Gasteiger partial charge in [-0.2, -0.15) is 0 Å². The van der Waals surface area contributed by atoms with Crippen LogP contribution in [0.1, 0.15) is 43.5 Å². The van der Waals surface area contributed by atoms with E-state index in [0.29, 0.717) is 12.0 Å². The molecule has 3 unspecified atom stereocenters. The molecule has 0 aliphatic heterocycles. The van der Waals surface area contributed by atoms with Crippen molar-refractivity contribution in [2.75, 3.05) is 0 Å². The van der Waals surface area contributed by atoms with Crippen LogP contribution in [0.15, 0.2) is 30.3 Å². The number of carbonyl (C=O) groups is 1. The average Bonchev–Trinajstić information content (AvgIpc) is 2.35. The van der Waals surface area contributed by atoms with Gasteiger partial charge in [-0.3, -0.25) is 4.79 Å². The minimum atomic E-state index is 0.0670. The van der Waals surface area contributed by atoms with Crippen molar-refractivity contribution in [3.63, 3.8) is 0 Å². The second kappa shape index (κ2) is 5.35. The van der Waals surface area contributed by atoms with E-state index in [-0.39, 0.29) is 5.91 Å². The molecule has 1 N–H and O–H groups in total. The van der Waals surface area contributed by atoms with Crippen molar-refractivity contribution < 1.29 is 4.79 Å². The second-order valence-electron chi connectivity index (χ2n) is 5.30. The Balaban J connectivity index is 1.92. The topological polar surface area (TPSA) is 29.1 Å². The minimum Gasteiger partial charge on any atom is -0.349 e. The van der Waals surface area contributed by atoms with Crippen molar-refractivity contribution in [2.24, 2.45) is 11.8 Å². The Labute approximate surface area is 103 Å². The molecule has 1 aromatic carbocycles. The number of rotatable bonds is 2. The monoisotopic (exact) mass is 231 g/mol. The molecule has 1 aliphatic carbocycles. The van der Waals surface area contributed by atoms with Crippen LogP contribution in [0.4, 0.5) is 0 Å². The lowest BCUT2D eigenvalue weighted by molar-refractivity contribution is 0.0910. The highest BCUT2D eigenvalue weighted by Crippen LogP contribution is 2.29. The summed E-state index contributed by atoms with van der Waals surface area (Å²) in [6.45, 7) is 4.59. The fourth-order valence-corrected chi connectivity index (χ4v) is 2.54. The number of hydrogen-bond donors (Lipinski definition) is 1. The van der Waals surface area contributed by atoms with Crippen molar-refractivity contribution in [3.05, 3.63) is 35.9 Å². The van der Waals surface area contributed by atoms with Gasteiger partial charge in [-0.1, -0.05) is 32.0 Å². The second-order valence-corrected chi connectivity index (χ2v) is 5.30. The third-order valence-corrected chi connectivity index (χ3v) is 3.97. The summed E-state index contributed by atoms with van der Waals surface area (Å²) in [4.78, 5) is 12.0. The van der Waals surface area contributed by atoms with Gasteiger partial charge in [0.2, 0.25) is 0 Å². The van der Waals surface area contributed by atoms with E-state index in [0.717, 1.165) is 24.3 Å². The summed E-state index contributed by atoms with van der Waals surface area (Å²) in [7, 11) is 0. The molecule has 1 amide bonds.